The summed E-state index contributed by atoms with van der Waals surface area (Å²) < 4.78 is 11.1. The van der Waals surface area contributed by atoms with E-state index in [9.17, 15) is 0 Å². The molecule has 0 aromatic rings. The van der Waals surface area contributed by atoms with E-state index in [0.29, 0.717) is 0 Å². The molecule has 2 saturated heterocycles. The van der Waals surface area contributed by atoms with E-state index >= 15 is 0 Å². The maximum atomic E-state index is 5.54. The Morgan fingerprint density at radius 1 is 1.00 bits per heavy atom. The van der Waals surface area contributed by atoms with Gasteiger partial charge in [0, 0.05) is 0 Å². The van der Waals surface area contributed by atoms with Gasteiger partial charge in [-0.15, -0.1) is 0 Å². The summed E-state index contributed by atoms with van der Waals surface area (Å²) in [5.41, 5.74) is 0.242. The zero-order chi connectivity index (χ0) is 10.6. The van der Waals surface area contributed by atoms with Gasteiger partial charge in [-0.25, -0.2) is 4.90 Å². The van der Waals surface area contributed by atoms with E-state index < -0.39 is 0 Å². The van der Waals surface area contributed by atoms with E-state index in [1.807, 2.05) is 0 Å². The number of ether oxygens (including phenoxy) is 2. The third-order valence-electron chi connectivity index (χ3n) is 3.65. The molecular formula is C12H23NO2. The molecule has 0 aliphatic carbocycles. The van der Waals surface area contributed by atoms with Gasteiger partial charge in [0.1, 0.15) is 13.5 Å². The number of hydrogen-bond donors (Lipinski definition) is 0. The molecule has 2 rings (SSSR count). The third kappa shape index (κ3) is 2.52. The second-order valence-electron chi connectivity index (χ2n) is 4.88. The first-order valence-corrected chi connectivity index (χ1v) is 6.28. The summed E-state index contributed by atoms with van der Waals surface area (Å²) in [6, 6.07) is 0. The van der Waals surface area contributed by atoms with Crippen LogP contribution in [0.5, 0.6) is 0 Å². The average molecular weight is 213 g/mol. The van der Waals surface area contributed by atoms with Crippen molar-refractivity contribution in [3.8, 4) is 0 Å². The quantitative estimate of drug-likeness (QED) is 0.632. The molecule has 0 N–H and O–H groups in total. The van der Waals surface area contributed by atoms with Gasteiger partial charge in [0.15, 0.2) is 0 Å². The van der Waals surface area contributed by atoms with Crippen LogP contribution in [0.3, 0.4) is 0 Å². The van der Waals surface area contributed by atoms with Crippen molar-refractivity contribution in [2.75, 3.05) is 26.7 Å². The lowest BCUT2D eigenvalue weighted by Gasteiger charge is -2.27. The van der Waals surface area contributed by atoms with E-state index in [1.54, 1.807) is 0 Å². The van der Waals surface area contributed by atoms with Crippen molar-refractivity contribution in [2.24, 2.45) is 0 Å². The predicted molar refractivity (Wildman–Crippen MR) is 59.6 cm³/mol. The Balaban J connectivity index is 1.68. The summed E-state index contributed by atoms with van der Waals surface area (Å²) in [6.45, 7) is 5.56. The molecule has 3 heteroatoms. The second-order valence-corrected chi connectivity index (χ2v) is 4.88. The van der Waals surface area contributed by atoms with Gasteiger partial charge in [-0.3, -0.25) is 0 Å². The van der Waals surface area contributed by atoms with Crippen molar-refractivity contribution in [3.05, 3.63) is 0 Å². The van der Waals surface area contributed by atoms with Crippen molar-refractivity contribution in [3.63, 3.8) is 0 Å². The van der Waals surface area contributed by atoms with Gasteiger partial charge in [-0.1, -0.05) is 39.0 Å². The lowest BCUT2D eigenvalue weighted by atomic mass is 9.93. The fraction of sp³-hybridized carbons (Fsp3) is 1.00. The minimum absolute atomic E-state index is 0.242. The van der Waals surface area contributed by atoms with Crippen LogP contribution in [-0.2, 0) is 9.47 Å². The number of unbranched alkanes of at least 4 members (excludes halogenated alkanes) is 4. The molecule has 0 bridgehead atoms. The van der Waals surface area contributed by atoms with E-state index in [2.05, 4.69) is 11.8 Å². The first-order chi connectivity index (χ1) is 7.37. The fourth-order valence-electron chi connectivity index (χ4n) is 2.59. The average Bonchev–Trinajstić information content (AvgIpc) is 2.76. The molecule has 3 nitrogen and oxygen atoms in total. The fourth-order valence-corrected chi connectivity index (χ4v) is 2.59. The van der Waals surface area contributed by atoms with Gasteiger partial charge in [0.05, 0.1) is 18.8 Å². The highest BCUT2D eigenvalue weighted by Crippen LogP contribution is 2.33. The Morgan fingerprint density at radius 3 is 2.33 bits per heavy atom. The Bertz CT molecular complexity index is 186. The normalized spacial score (nSPS) is 24.6. The van der Waals surface area contributed by atoms with Gasteiger partial charge < -0.3 is 9.47 Å². The van der Waals surface area contributed by atoms with Crippen molar-refractivity contribution in [1.29, 1.82) is 0 Å². The molecule has 0 saturated carbocycles. The number of fused-ring (bicyclic) bond motifs is 1. The van der Waals surface area contributed by atoms with Crippen molar-refractivity contribution in [2.45, 2.75) is 51.0 Å². The molecule has 0 radical (unpaired) electrons. The van der Waals surface area contributed by atoms with Gasteiger partial charge >= 0.3 is 0 Å². The van der Waals surface area contributed by atoms with Crippen LogP contribution in [0.4, 0.5) is 0 Å². The first-order valence-electron chi connectivity index (χ1n) is 6.28. The standard InChI is InChI=1S/C12H23NO2/c1-2-3-4-5-6-7-12-8-14-10-13(12)11-15-9-12/h2-11H2,1H3. The second kappa shape index (κ2) is 5.28. The van der Waals surface area contributed by atoms with Gasteiger partial charge in [-0.05, 0) is 6.42 Å². The van der Waals surface area contributed by atoms with E-state index in [0.717, 1.165) is 26.7 Å². The highest BCUT2D eigenvalue weighted by atomic mass is 16.6. The molecule has 2 aliphatic rings. The third-order valence-corrected chi connectivity index (χ3v) is 3.65. The largest absolute Gasteiger partial charge is 0.364 e. The summed E-state index contributed by atoms with van der Waals surface area (Å²) >= 11 is 0. The first kappa shape index (κ1) is 11.4. The Kier molecular flexibility index (Phi) is 4.00. The minimum Gasteiger partial charge on any atom is -0.364 e. The predicted octanol–water partition coefficient (Wildman–Crippen LogP) is 2.36. The van der Waals surface area contributed by atoms with Crippen LogP contribution in [0.15, 0.2) is 0 Å². The molecule has 0 aromatic carbocycles. The molecule has 15 heavy (non-hydrogen) atoms. The minimum atomic E-state index is 0.242. The molecule has 2 aliphatic heterocycles. The molecule has 0 aromatic heterocycles. The van der Waals surface area contributed by atoms with Crippen LogP contribution in [0.2, 0.25) is 0 Å². The van der Waals surface area contributed by atoms with Crippen molar-refractivity contribution < 1.29 is 9.47 Å². The molecular weight excluding hydrogens is 190 g/mol. The maximum Gasteiger partial charge on any atom is 0.101 e. The monoisotopic (exact) mass is 213 g/mol. The summed E-state index contributed by atoms with van der Waals surface area (Å²) in [6.07, 6.45) is 8.02. The van der Waals surface area contributed by atoms with Gasteiger partial charge in [0.2, 0.25) is 0 Å². The molecule has 2 heterocycles. The zero-order valence-electron chi connectivity index (χ0n) is 9.83. The Labute approximate surface area is 92.7 Å². The molecule has 0 unspecified atom stereocenters. The zero-order valence-corrected chi connectivity index (χ0v) is 9.83. The van der Waals surface area contributed by atoms with E-state index in [4.69, 9.17) is 9.47 Å². The molecule has 0 spiro atoms. The highest BCUT2D eigenvalue weighted by molar-refractivity contribution is 4.95. The molecule has 88 valence electrons. The molecule has 2 fully saturated rings. The number of hydrogen-bond acceptors (Lipinski definition) is 3. The Morgan fingerprint density at radius 2 is 1.67 bits per heavy atom. The van der Waals surface area contributed by atoms with Crippen LogP contribution in [0.1, 0.15) is 45.4 Å². The topological polar surface area (TPSA) is 21.7 Å². The van der Waals surface area contributed by atoms with Crippen LogP contribution in [-0.4, -0.2) is 37.1 Å². The van der Waals surface area contributed by atoms with Crippen LogP contribution >= 0.6 is 0 Å². The van der Waals surface area contributed by atoms with Gasteiger partial charge in [0.25, 0.3) is 0 Å². The highest BCUT2D eigenvalue weighted by Gasteiger charge is 2.45. The van der Waals surface area contributed by atoms with Crippen LogP contribution in [0.25, 0.3) is 0 Å². The Hall–Kier alpha value is -0.120. The van der Waals surface area contributed by atoms with E-state index in [-0.39, 0.29) is 5.54 Å². The summed E-state index contributed by atoms with van der Waals surface area (Å²) in [4.78, 5) is 2.35. The summed E-state index contributed by atoms with van der Waals surface area (Å²) in [7, 11) is 0. The smallest absolute Gasteiger partial charge is 0.101 e. The lowest BCUT2D eigenvalue weighted by Crippen LogP contribution is -2.42. The van der Waals surface area contributed by atoms with Gasteiger partial charge in [-0.2, -0.15) is 0 Å². The van der Waals surface area contributed by atoms with Crippen LogP contribution < -0.4 is 0 Å². The summed E-state index contributed by atoms with van der Waals surface area (Å²) in [5.74, 6) is 0. The number of rotatable bonds is 6. The lowest BCUT2D eigenvalue weighted by molar-refractivity contribution is 0.0695. The van der Waals surface area contributed by atoms with Crippen LogP contribution in [0, 0.1) is 0 Å². The van der Waals surface area contributed by atoms with Crippen molar-refractivity contribution in [1.82, 2.24) is 4.90 Å². The summed E-state index contributed by atoms with van der Waals surface area (Å²) in [5, 5.41) is 0. The maximum absolute atomic E-state index is 5.54. The molecule has 0 amide bonds. The SMILES string of the molecule is CCCCCCCC12COCN1COC2. The number of nitrogens with zero attached hydrogens (tertiary/aromatic N) is 1. The van der Waals surface area contributed by atoms with Crippen molar-refractivity contribution >= 4 is 0 Å². The van der Waals surface area contributed by atoms with E-state index in [1.165, 1.54) is 38.5 Å². The molecule has 0 atom stereocenters.